The number of ether oxygens (including phenoxy) is 1. The molecular formula is C14H28N2O3. The van der Waals surface area contributed by atoms with E-state index in [1.165, 1.54) is 19.3 Å². The van der Waals surface area contributed by atoms with Gasteiger partial charge in [-0.1, -0.05) is 26.2 Å². The Bertz CT molecular complexity index is 261. The number of nitrogens with two attached hydrogens (primary N) is 1. The highest BCUT2D eigenvalue weighted by Gasteiger charge is 2.24. The topological polar surface area (TPSA) is 84.6 Å². The fourth-order valence-corrected chi connectivity index (χ4v) is 2.63. The minimum absolute atomic E-state index is 0.300. The first-order valence-electron chi connectivity index (χ1n) is 7.42. The molecule has 5 nitrogen and oxygen atoms in total. The van der Waals surface area contributed by atoms with Crippen LogP contribution in [-0.4, -0.2) is 42.9 Å². The van der Waals surface area contributed by atoms with Gasteiger partial charge in [-0.15, -0.1) is 0 Å². The van der Waals surface area contributed by atoms with Crippen LogP contribution in [0.4, 0.5) is 0 Å². The van der Waals surface area contributed by atoms with Crippen LogP contribution in [0, 0.1) is 5.92 Å². The minimum Gasteiger partial charge on any atom is -0.389 e. The molecule has 0 saturated heterocycles. The number of primary amides is 1. The average molecular weight is 272 g/mol. The van der Waals surface area contributed by atoms with Gasteiger partial charge in [-0.3, -0.25) is 4.79 Å². The van der Waals surface area contributed by atoms with Gasteiger partial charge in [0.05, 0.1) is 18.8 Å². The fourth-order valence-electron chi connectivity index (χ4n) is 2.63. The molecular weight excluding hydrogens is 244 g/mol. The van der Waals surface area contributed by atoms with Crippen molar-refractivity contribution in [1.82, 2.24) is 5.32 Å². The summed E-state index contributed by atoms with van der Waals surface area (Å²) in [6.45, 7) is 3.52. The molecule has 5 heteroatoms. The van der Waals surface area contributed by atoms with Crippen molar-refractivity contribution in [2.24, 2.45) is 11.7 Å². The number of aliphatic hydroxyl groups excluding tert-OH is 1. The van der Waals surface area contributed by atoms with Crippen LogP contribution in [0.25, 0.3) is 0 Å². The van der Waals surface area contributed by atoms with E-state index in [2.05, 4.69) is 12.2 Å². The Kier molecular flexibility index (Phi) is 8.02. The van der Waals surface area contributed by atoms with Crippen LogP contribution in [0.1, 0.15) is 45.4 Å². The van der Waals surface area contributed by atoms with Gasteiger partial charge in [0.2, 0.25) is 5.91 Å². The maximum absolute atomic E-state index is 10.5. The Labute approximate surface area is 115 Å². The number of amides is 1. The van der Waals surface area contributed by atoms with Crippen molar-refractivity contribution < 1.29 is 14.6 Å². The number of nitrogens with one attached hydrogen (secondary N) is 1. The SMILES string of the molecule is CCC1CCCCC1OCC(O)CNCCC(N)=O. The van der Waals surface area contributed by atoms with Crippen molar-refractivity contribution in [2.75, 3.05) is 19.7 Å². The van der Waals surface area contributed by atoms with Crippen molar-refractivity contribution in [3.05, 3.63) is 0 Å². The van der Waals surface area contributed by atoms with Crippen LogP contribution >= 0.6 is 0 Å². The number of carbonyl (C=O) groups excluding carboxylic acids is 1. The van der Waals surface area contributed by atoms with Gasteiger partial charge >= 0.3 is 0 Å². The van der Waals surface area contributed by atoms with Gasteiger partial charge in [0.1, 0.15) is 0 Å². The highest BCUT2D eigenvalue weighted by atomic mass is 16.5. The second-order valence-electron chi connectivity index (χ2n) is 5.40. The summed E-state index contributed by atoms with van der Waals surface area (Å²) in [5.74, 6) is 0.315. The Morgan fingerprint density at radius 3 is 2.89 bits per heavy atom. The van der Waals surface area contributed by atoms with Gasteiger partial charge in [0.25, 0.3) is 0 Å². The molecule has 1 fully saturated rings. The van der Waals surface area contributed by atoms with E-state index in [1.807, 2.05) is 0 Å². The highest BCUT2D eigenvalue weighted by Crippen LogP contribution is 2.29. The van der Waals surface area contributed by atoms with E-state index in [0.717, 1.165) is 12.8 Å². The first-order valence-corrected chi connectivity index (χ1v) is 7.42. The summed E-state index contributed by atoms with van der Waals surface area (Å²) in [6, 6.07) is 0. The molecule has 0 aromatic heterocycles. The lowest BCUT2D eigenvalue weighted by atomic mass is 9.85. The van der Waals surface area contributed by atoms with Gasteiger partial charge < -0.3 is 20.9 Å². The summed E-state index contributed by atoms with van der Waals surface area (Å²) in [6.07, 6.45) is 6.12. The molecule has 0 radical (unpaired) electrons. The lowest BCUT2D eigenvalue weighted by molar-refractivity contribution is -0.117. The standard InChI is InChI=1S/C14H28N2O3/c1-2-11-5-3-4-6-13(11)19-10-12(17)9-16-8-7-14(15)18/h11-13,16-17H,2-10H2,1H3,(H2,15,18). The largest absolute Gasteiger partial charge is 0.389 e. The molecule has 4 N–H and O–H groups in total. The second kappa shape index (κ2) is 9.28. The molecule has 112 valence electrons. The maximum atomic E-state index is 10.5. The third kappa shape index (κ3) is 6.89. The van der Waals surface area contributed by atoms with Crippen molar-refractivity contribution >= 4 is 5.91 Å². The zero-order chi connectivity index (χ0) is 14.1. The van der Waals surface area contributed by atoms with Crippen LogP contribution in [0.5, 0.6) is 0 Å². The van der Waals surface area contributed by atoms with Crippen molar-refractivity contribution in [1.29, 1.82) is 0 Å². The van der Waals surface area contributed by atoms with E-state index in [9.17, 15) is 9.90 Å². The first kappa shape index (κ1) is 16.4. The molecule has 1 aliphatic rings. The molecule has 1 rings (SSSR count). The Morgan fingerprint density at radius 2 is 2.21 bits per heavy atom. The third-order valence-corrected chi connectivity index (χ3v) is 3.79. The lowest BCUT2D eigenvalue weighted by Gasteiger charge is -2.31. The van der Waals surface area contributed by atoms with Gasteiger partial charge in [0.15, 0.2) is 0 Å². The summed E-state index contributed by atoms with van der Waals surface area (Å²) >= 11 is 0. The van der Waals surface area contributed by atoms with E-state index >= 15 is 0 Å². The number of hydrogen-bond acceptors (Lipinski definition) is 4. The molecule has 19 heavy (non-hydrogen) atoms. The molecule has 0 aromatic carbocycles. The molecule has 0 bridgehead atoms. The number of rotatable bonds is 9. The van der Waals surface area contributed by atoms with Crippen molar-refractivity contribution in [3.63, 3.8) is 0 Å². The number of carbonyl (C=O) groups is 1. The molecule has 1 aliphatic carbocycles. The normalized spacial score (nSPS) is 25.2. The van der Waals surface area contributed by atoms with Crippen LogP contribution in [0.3, 0.4) is 0 Å². The van der Waals surface area contributed by atoms with Crippen LogP contribution in [0.15, 0.2) is 0 Å². The molecule has 0 spiro atoms. The zero-order valence-electron chi connectivity index (χ0n) is 11.9. The second-order valence-corrected chi connectivity index (χ2v) is 5.40. The zero-order valence-corrected chi connectivity index (χ0v) is 11.9. The quantitative estimate of drug-likeness (QED) is 0.542. The lowest BCUT2D eigenvalue weighted by Crippen LogP contribution is -2.35. The molecule has 1 amide bonds. The summed E-state index contributed by atoms with van der Waals surface area (Å²) < 4.78 is 5.84. The summed E-state index contributed by atoms with van der Waals surface area (Å²) in [4.78, 5) is 10.5. The van der Waals surface area contributed by atoms with E-state index in [0.29, 0.717) is 38.1 Å². The van der Waals surface area contributed by atoms with Crippen LogP contribution in [-0.2, 0) is 9.53 Å². The van der Waals surface area contributed by atoms with Gasteiger partial charge in [0, 0.05) is 19.5 Å². The van der Waals surface area contributed by atoms with E-state index in [1.54, 1.807) is 0 Å². The first-order chi connectivity index (χ1) is 9.13. The van der Waals surface area contributed by atoms with Gasteiger partial charge in [-0.05, 0) is 18.8 Å². The molecule has 3 unspecified atom stereocenters. The smallest absolute Gasteiger partial charge is 0.218 e. The van der Waals surface area contributed by atoms with Crippen molar-refractivity contribution in [2.45, 2.75) is 57.7 Å². The van der Waals surface area contributed by atoms with Crippen molar-refractivity contribution in [3.8, 4) is 0 Å². The molecule has 0 aromatic rings. The molecule has 0 aliphatic heterocycles. The average Bonchev–Trinajstić information content (AvgIpc) is 2.41. The van der Waals surface area contributed by atoms with Crippen LogP contribution < -0.4 is 11.1 Å². The Balaban J connectivity index is 2.11. The Morgan fingerprint density at radius 1 is 1.47 bits per heavy atom. The number of aliphatic hydroxyl groups is 1. The summed E-state index contributed by atoms with van der Waals surface area (Å²) in [7, 11) is 0. The maximum Gasteiger partial charge on any atom is 0.218 e. The van der Waals surface area contributed by atoms with E-state index in [4.69, 9.17) is 10.5 Å². The fraction of sp³-hybridized carbons (Fsp3) is 0.929. The summed E-state index contributed by atoms with van der Waals surface area (Å²) in [5, 5.41) is 12.8. The summed E-state index contributed by atoms with van der Waals surface area (Å²) in [5.41, 5.74) is 5.03. The predicted molar refractivity (Wildman–Crippen MR) is 74.7 cm³/mol. The van der Waals surface area contributed by atoms with Gasteiger partial charge in [-0.25, -0.2) is 0 Å². The molecule has 0 heterocycles. The highest BCUT2D eigenvalue weighted by molar-refractivity contribution is 5.73. The van der Waals surface area contributed by atoms with Crippen LogP contribution in [0.2, 0.25) is 0 Å². The monoisotopic (exact) mass is 272 g/mol. The van der Waals surface area contributed by atoms with E-state index in [-0.39, 0.29) is 5.91 Å². The predicted octanol–water partition coefficient (Wildman–Crippen LogP) is 0.798. The molecule has 3 atom stereocenters. The molecule has 1 saturated carbocycles. The third-order valence-electron chi connectivity index (χ3n) is 3.79. The van der Waals surface area contributed by atoms with E-state index < -0.39 is 6.10 Å². The Hall–Kier alpha value is -0.650. The minimum atomic E-state index is -0.521. The van der Waals surface area contributed by atoms with Gasteiger partial charge in [-0.2, -0.15) is 0 Å². The number of hydrogen-bond donors (Lipinski definition) is 3.